The molecule has 10 heteroatoms. The molecule has 0 aliphatic carbocycles. The number of hydrogen-bond donors (Lipinski definition) is 0. The van der Waals surface area contributed by atoms with Crippen LogP contribution in [0.3, 0.4) is 0 Å². The molecule has 5 rings (SSSR count). The normalized spacial score (nSPS) is 14.4. The Kier molecular flexibility index (Phi) is 6.06. The number of thiophene rings is 1. The number of nitrogens with zero attached hydrogens (tertiary/aromatic N) is 4. The van der Waals surface area contributed by atoms with Gasteiger partial charge in [0.05, 0.1) is 10.6 Å². The van der Waals surface area contributed by atoms with Crippen LogP contribution in [-0.4, -0.2) is 44.8 Å². The van der Waals surface area contributed by atoms with Gasteiger partial charge in [0.25, 0.3) is 5.91 Å². The third-order valence-electron chi connectivity index (χ3n) is 5.53. The smallest absolute Gasteiger partial charge is 0.293 e. The molecule has 0 N–H and O–H groups in total. The van der Waals surface area contributed by atoms with E-state index >= 15 is 0 Å². The standard InChI is InChI=1S/C24H19F3N4O2S/c25-15-3-6-17(7-4-15)31-23(21-2-1-13-34-21)28-22(29-31)24(32)30-11-9-18(10-12-30)33-20-8-5-16(26)14-19(20)27/h1-8,13-14,18H,9-12H2. The van der Waals surface area contributed by atoms with Crippen molar-refractivity contribution in [1.29, 1.82) is 0 Å². The first kappa shape index (κ1) is 22.1. The minimum Gasteiger partial charge on any atom is -0.487 e. The fraction of sp³-hybridized carbons (Fsp3) is 0.208. The second-order valence-corrected chi connectivity index (χ2v) is 8.76. The number of rotatable bonds is 5. The summed E-state index contributed by atoms with van der Waals surface area (Å²) in [5.74, 6) is -1.60. The molecule has 0 radical (unpaired) electrons. The molecule has 174 valence electrons. The van der Waals surface area contributed by atoms with Gasteiger partial charge in [-0.3, -0.25) is 4.79 Å². The topological polar surface area (TPSA) is 60.2 Å². The zero-order chi connectivity index (χ0) is 23.7. The zero-order valence-corrected chi connectivity index (χ0v) is 18.6. The van der Waals surface area contributed by atoms with Crippen LogP contribution < -0.4 is 4.74 Å². The number of hydrogen-bond acceptors (Lipinski definition) is 5. The first-order chi connectivity index (χ1) is 16.5. The lowest BCUT2D eigenvalue weighted by atomic mass is 10.1. The monoisotopic (exact) mass is 484 g/mol. The molecule has 2 aromatic carbocycles. The van der Waals surface area contributed by atoms with Crippen LogP contribution in [-0.2, 0) is 0 Å². The SMILES string of the molecule is O=C(c1nc(-c2cccs2)n(-c2ccc(F)cc2)n1)N1CCC(Oc2ccc(F)cc2F)CC1. The van der Waals surface area contributed by atoms with Crippen LogP contribution in [0.1, 0.15) is 23.5 Å². The summed E-state index contributed by atoms with van der Waals surface area (Å²) in [4.78, 5) is 20.1. The van der Waals surface area contributed by atoms with Gasteiger partial charge in [0.2, 0.25) is 5.82 Å². The van der Waals surface area contributed by atoms with E-state index in [4.69, 9.17) is 4.74 Å². The fourth-order valence-electron chi connectivity index (χ4n) is 3.80. The molecule has 0 spiro atoms. The van der Waals surface area contributed by atoms with Crippen molar-refractivity contribution in [2.45, 2.75) is 18.9 Å². The van der Waals surface area contributed by atoms with Crippen molar-refractivity contribution >= 4 is 17.2 Å². The summed E-state index contributed by atoms with van der Waals surface area (Å²) in [5.41, 5.74) is 0.588. The summed E-state index contributed by atoms with van der Waals surface area (Å²) in [6, 6.07) is 12.7. The first-order valence-electron chi connectivity index (χ1n) is 10.7. The lowest BCUT2D eigenvalue weighted by Gasteiger charge is -2.31. The highest BCUT2D eigenvalue weighted by Gasteiger charge is 2.29. The van der Waals surface area contributed by atoms with Crippen LogP contribution in [0.25, 0.3) is 16.4 Å². The molecule has 0 unspecified atom stereocenters. The van der Waals surface area contributed by atoms with E-state index in [2.05, 4.69) is 10.1 Å². The summed E-state index contributed by atoms with van der Waals surface area (Å²) in [7, 11) is 0. The van der Waals surface area contributed by atoms with Crippen LogP contribution in [0.5, 0.6) is 5.75 Å². The van der Waals surface area contributed by atoms with E-state index < -0.39 is 11.6 Å². The predicted molar refractivity (Wildman–Crippen MR) is 121 cm³/mol. The van der Waals surface area contributed by atoms with Gasteiger partial charge in [-0.1, -0.05) is 6.07 Å². The third kappa shape index (κ3) is 4.54. The molecule has 1 saturated heterocycles. The lowest BCUT2D eigenvalue weighted by Crippen LogP contribution is -2.42. The number of carbonyl (C=O) groups is 1. The molecular weight excluding hydrogens is 465 g/mol. The number of ether oxygens (including phenoxy) is 1. The molecule has 3 heterocycles. The molecule has 1 aliphatic heterocycles. The van der Waals surface area contributed by atoms with E-state index in [0.29, 0.717) is 37.4 Å². The Hall–Kier alpha value is -3.66. The van der Waals surface area contributed by atoms with Crippen molar-refractivity contribution in [3.63, 3.8) is 0 Å². The Morgan fingerprint density at radius 1 is 1.00 bits per heavy atom. The average Bonchev–Trinajstić information content (AvgIpc) is 3.52. The Balaban J connectivity index is 1.32. The van der Waals surface area contributed by atoms with E-state index in [-0.39, 0.29) is 29.4 Å². The number of likely N-dealkylation sites (tertiary alicyclic amines) is 1. The Bertz CT molecular complexity index is 1300. The zero-order valence-electron chi connectivity index (χ0n) is 17.8. The van der Waals surface area contributed by atoms with E-state index in [1.54, 1.807) is 17.0 Å². The van der Waals surface area contributed by atoms with Crippen LogP contribution in [0.15, 0.2) is 60.0 Å². The van der Waals surface area contributed by atoms with Crippen molar-refractivity contribution in [2.75, 3.05) is 13.1 Å². The molecule has 4 aromatic rings. The highest BCUT2D eigenvalue weighted by molar-refractivity contribution is 7.13. The predicted octanol–water partition coefficient (Wildman–Crippen LogP) is 5.10. The molecule has 34 heavy (non-hydrogen) atoms. The maximum Gasteiger partial charge on any atom is 0.293 e. The number of piperidine rings is 1. The highest BCUT2D eigenvalue weighted by Crippen LogP contribution is 2.27. The van der Waals surface area contributed by atoms with E-state index in [0.717, 1.165) is 17.0 Å². The minimum absolute atomic E-state index is 0.00789. The third-order valence-corrected chi connectivity index (χ3v) is 6.39. The summed E-state index contributed by atoms with van der Waals surface area (Å²) < 4.78 is 47.6. The molecule has 0 saturated carbocycles. The quantitative estimate of drug-likeness (QED) is 0.396. The molecule has 0 bridgehead atoms. The lowest BCUT2D eigenvalue weighted by molar-refractivity contribution is 0.0577. The van der Waals surface area contributed by atoms with Gasteiger partial charge in [-0.05, 0) is 47.8 Å². The van der Waals surface area contributed by atoms with Gasteiger partial charge < -0.3 is 9.64 Å². The minimum atomic E-state index is -0.754. The highest BCUT2D eigenvalue weighted by atomic mass is 32.1. The van der Waals surface area contributed by atoms with Gasteiger partial charge in [-0.15, -0.1) is 16.4 Å². The molecule has 6 nitrogen and oxygen atoms in total. The maximum atomic E-state index is 13.9. The molecule has 1 aliphatic rings. The maximum absolute atomic E-state index is 13.9. The largest absolute Gasteiger partial charge is 0.487 e. The Labute approximate surface area is 197 Å². The van der Waals surface area contributed by atoms with Crippen LogP contribution in [0, 0.1) is 17.5 Å². The summed E-state index contributed by atoms with van der Waals surface area (Å²) >= 11 is 1.46. The van der Waals surface area contributed by atoms with Gasteiger partial charge >= 0.3 is 0 Å². The van der Waals surface area contributed by atoms with E-state index in [1.807, 2.05) is 17.5 Å². The molecular formula is C24H19F3N4O2S. The molecule has 1 amide bonds. The number of aromatic nitrogens is 3. The summed E-state index contributed by atoms with van der Waals surface area (Å²) in [6.45, 7) is 0.761. The second kappa shape index (κ2) is 9.30. The second-order valence-electron chi connectivity index (χ2n) is 7.81. The molecule has 2 aromatic heterocycles. The van der Waals surface area contributed by atoms with Gasteiger partial charge in [-0.25, -0.2) is 22.8 Å². The van der Waals surface area contributed by atoms with Crippen LogP contribution in [0.2, 0.25) is 0 Å². The van der Waals surface area contributed by atoms with Crippen LogP contribution in [0.4, 0.5) is 13.2 Å². The van der Waals surface area contributed by atoms with Crippen molar-refractivity contribution in [1.82, 2.24) is 19.7 Å². The Morgan fingerprint density at radius 3 is 2.41 bits per heavy atom. The van der Waals surface area contributed by atoms with E-state index in [1.165, 1.54) is 34.2 Å². The fourth-order valence-corrected chi connectivity index (χ4v) is 4.50. The van der Waals surface area contributed by atoms with Crippen LogP contribution >= 0.6 is 11.3 Å². The summed E-state index contributed by atoms with van der Waals surface area (Å²) in [5, 5.41) is 6.33. The van der Waals surface area contributed by atoms with Crippen molar-refractivity contribution in [3.8, 4) is 22.1 Å². The number of amides is 1. The van der Waals surface area contributed by atoms with Gasteiger partial charge in [-0.2, -0.15) is 0 Å². The first-order valence-corrected chi connectivity index (χ1v) is 11.5. The summed E-state index contributed by atoms with van der Waals surface area (Å²) in [6.07, 6.45) is 0.674. The number of benzene rings is 2. The number of carbonyl (C=O) groups excluding carboxylic acids is 1. The van der Waals surface area contributed by atoms with Gasteiger partial charge in [0.1, 0.15) is 17.7 Å². The van der Waals surface area contributed by atoms with Crippen molar-refractivity contribution < 1.29 is 22.7 Å². The van der Waals surface area contributed by atoms with E-state index in [9.17, 15) is 18.0 Å². The molecule has 0 atom stereocenters. The molecule has 1 fully saturated rings. The average molecular weight is 485 g/mol. The van der Waals surface area contributed by atoms with Crippen molar-refractivity contribution in [2.24, 2.45) is 0 Å². The number of halogens is 3. The van der Waals surface area contributed by atoms with Gasteiger partial charge in [0, 0.05) is 32.0 Å². The van der Waals surface area contributed by atoms with Crippen molar-refractivity contribution in [3.05, 3.63) is 83.3 Å². The van der Waals surface area contributed by atoms with Gasteiger partial charge in [0.15, 0.2) is 17.4 Å². The Morgan fingerprint density at radius 2 is 1.74 bits per heavy atom.